The summed E-state index contributed by atoms with van der Waals surface area (Å²) in [7, 11) is 0. The van der Waals surface area contributed by atoms with E-state index >= 15 is 0 Å². The van der Waals surface area contributed by atoms with Crippen LogP contribution in [0.5, 0.6) is 0 Å². The van der Waals surface area contributed by atoms with Crippen molar-refractivity contribution in [2.45, 2.75) is 116 Å². The Hall–Kier alpha value is -10.9. The van der Waals surface area contributed by atoms with Crippen LogP contribution in [0.3, 0.4) is 0 Å². The largest absolute Gasteiger partial charge is 0.455 e. The van der Waals surface area contributed by atoms with Crippen LogP contribution >= 0.6 is 0 Å². The molecule has 4 heteroatoms. The van der Waals surface area contributed by atoms with Crippen LogP contribution in [0.1, 0.15) is 150 Å². The molecule has 0 bridgehead atoms. The number of fused-ring (bicyclic) bond motifs is 34. The van der Waals surface area contributed by atoms with Crippen LogP contribution in [0.4, 0.5) is 17.1 Å². The maximum absolute atomic E-state index is 7.18. The van der Waals surface area contributed by atoms with Gasteiger partial charge >= 0.3 is 0 Å². The van der Waals surface area contributed by atoms with E-state index < -0.39 is 16.2 Å². The molecule has 16 aromatic rings. The molecule has 0 amide bonds. The van der Waals surface area contributed by atoms with Crippen molar-refractivity contribution in [3.05, 3.63) is 291 Å². The van der Waals surface area contributed by atoms with Crippen molar-refractivity contribution >= 4 is 82.9 Å². The molecular weight excluding hydrogens is 1220 g/mol. The minimum absolute atomic E-state index is 0.157. The number of nitrogens with zero attached hydrogens (tertiary/aromatic N) is 1. The van der Waals surface area contributed by atoms with E-state index in [-0.39, 0.29) is 16.2 Å². The zero-order valence-electron chi connectivity index (χ0n) is 58.5. The predicted molar refractivity (Wildman–Crippen MR) is 414 cm³/mol. The Bertz CT molecular complexity index is 6290. The summed E-state index contributed by atoms with van der Waals surface area (Å²) >= 11 is 0. The quantitative estimate of drug-likeness (QED) is 0.176. The number of anilines is 3. The molecule has 0 spiro atoms. The van der Waals surface area contributed by atoms with Gasteiger partial charge in [-0.2, -0.15) is 0 Å². The lowest BCUT2D eigenvalue weighted by Crippen LogP contribution is -2.24. The average Bonchev–Trinajstić information content (AvgIpc) is 1.51. The molecule has 6 aliphatic rings. The standard InChI is InChI=1S/C96H73NO3/c1-91(2)65-31-19-13-25-54(65)55-41-37-50(45-68(55)91)64-49-72-76(79-61-28-16-22-34-73(61)98-88(64)79)58-42-38-51(46-69(58)92(72,3)4)97(52-39-43-59-70(47-52)95(9,10)84-77(59)80-62-29-17-23-35-74(62)99-89(80)82-56-26-14-20-32-66(56)93(5,6)86(82)84)53-40-44-60-71(48-53)96(11,12)85-78(60)81-63-30-18-24-36-75(63)100-90(81)83-57-27-15-21-33-67(57)94(7,8)87(83)85/h13-49H,1-12H3. The fourth-order valence-electron chi connectivity index (χ4n) is 21.1. The van der Waals surface area contributed by atoms with Crippen molar-refractivity contribution in [2.24, 2.45) is 0 Å². The first kappa shape index (κ1) is 57.0. The third-order valence-corrected chi connectivity index (χ3v) is 25.7. The highest BCUT2D eigenvalue weighted by molar-refractivity contribution is 6.24. The summed E-state index contributed by atoms with van der Waals surface area (Å²) in [5.41, 5.74) is 40.8. The van der Waals surface area contributed by atoms with Crippen LogP contribution < -0.4 is 4.90 Å². The Morgan fingerprint density at radius 2 is 0.550 bits per heavy atom. The Morgan fingerprint density at radius 1 is 0.230 bits per heavy atom. The van der Waals surface area contributed by atoms with Gasteiger partial charge in [-0.15, -0.1) is 0 Å². The monoisotopic (exact) mass is 1290 g/mol. The molecule has 6 aliphatic carbocycles. The summed E-state index contributed by atoms with van der Waals surface area (Å²) in [6, 6.07) is 85.1. The molecule has 3 heterocycles. The molecule has 100 heavy (non-hydrogen) atoms. The maximum Gasteiger partial charge on any atom is 0.144 e. The van der Waals surface area contributed by atoms with Gasteiger partial charge in [0.1, 0.15) is 33.5 Å². The van der Waals surface area contributed by atoms with Gasteiger partial charge in [-0.25, -0.2) is 0 Å². The van der Waals surface area contributed by atoms with Gasteiger partial charge in [0.15, 0.2) is 0 Å². The van der Waals surface area contributed by atoms with E-state index in [2.05, 4.69) is 312 Å². The smallest absolute Gasteiger partial charge is 0.144 e. The van der Waals surface area contributed by atoms with Gasteiger partial charge in [0.2, 0.25) is 0 Å². The predicted octanol–water partition coefficient (Wildman–Crippen LogP) is 26.4. The molecule has 0 atom stereocenters. The van der Waals surface area contributed by atoms with Crippen LogP contribution in [-0.2, 0) is 32.5 Å². The van der Waals surface area contributed by atoms with Crippen LogP contribution in [0.25, 0.3) is 144 Å². The fraction of sp³-hybridized carbons (Fsp3) is 0.188. The number of furan rings is 3. The first-order valence-electron chi connectivity index (χ1n) is 35.9. The molecule has 3 aromatic heterocycles. The summed E-state index contributed by atoms with van der Waals surface area (Å²) in [5, 5.41) is 7.05. The molecule has 0 aliphatic heterocycles. The Kier molecular flexibility index (Phi) is 10.4. The molecule has 4 nitrogen and oxygen atoms in total. The third kappa shape index (κ3) is 6.66. The van der Waals surface area contributed by atoms with Gasteiger partial charge in [-0.3, -0.25) is 0 Å². The highest BCUT2D eigenvalue weighted by Crippen LogP contribution is 2.67. The van der Waals surface area contributed by atoms with Crippen molar-refractivity contribution in [1.82, 2.24) is 0 Å². The molecule has 13 aromatic carbocycles. The number of rotatable bonds is 4. The highest BCUT2D eigenvalue weighted by atomic mass is 16.3. The summed E-state index contributed by atoms with van der Waals surface area (Å²) in [6.45, 7) is 29.3. The first-order chi connectivity index (χ1) is 48.2. The van der Waals surface area contributed by atoms with Gasteiger partial charge < -0.3 is 18.2 Å². The van der Waals surface area contributed by atoms with Crippen LogP contribution in [0.15, 0.2) is 238 Å². The lowest BCUT2D eigenvalue weighted by Gasteiger charge is -2.33. The number of benzene rings is 13. The van der Waals surface area contributed by atoms with E-state index in [1.807, 2.05) is 0 Å². The van der Waals surface area contributed by atoms with Gasteiger partial charge in [0.25, 0.3) is 0 Å². The Labute approximate surface area is 582 Å². The summed E-state index contributed by atoms with van der Waals surface area (Å²) in [4.78, 5) is 2.59. The molecule has 480 valence electrons. The second kappa shape index (κ2) is 18.3. The number of hydrogen-bond acceptors (Lipinski definition) is 4. The van der Waals surface area contributed by atoms with Gasteiger partial charge in [0.05, 0.1) is 0 Å². The zero-order valence-corrected chi connectivity index (χ0v) is 58.5. The Morgan fingerprint density at radius 3 is 1.03 bits per heavy atom. The number of para-hydroxylation sites is 3. The maximum atomic E-state index is 7.18. The average molecular weight is 1290 g/mol. The van der Waals surface area contributed by atoms with Crippen molar-refractivity contribution in [1.29, 1.82) is 0 Å². The van der Waals surface area contributed by atoms with E-state index in [1.54, 1.807) is 0 Å². The summed E-state index contributed by atoms with van der Waals surface area (Å²) in [5.74, 6) is 0. The second-order valence-corrected chi connectivity index (χ2v) is 32.9. The van der Waals surface area contributed by atoms with E-state index in [9.17, 15) is 0 Å². The molecule has 22 rings (SSSR count). The molecule has 0 saturated heterocycles. The van der Waals surface area contributed by atoms with E-state index in [0.717, 1.165) is 72.3 Å². The fourth-order valence-corrected chi connectivity index (χ4v) is 21.1. The van der Waals surface area contributed by atoms with Crippen molar-refractivity contribution in [3.8, 4) is 77.9 Å². The lowest BCUT2D eigenvalue weighted by atomic mass is 9.72. The first-order valence-corrected chi connectivity index (χ1v) is 35.9. The second-order valence-electron chi connectivity index (χ2n) is 32.9. The minimum Gasteiger partial charge on any atom is -0.455 e. The molecule has 0 N–H and O–H groups in total. The van der Waals surface area contributed by atoms with Gasteiger partial charge in [0, 0.05) is 98.6 Å². The molecule has 0 fully saturated rings. The van der Waals surface area contributed by atoms with Crippen molar-refractivity contribution < 1.29 is 13.3 Å². The molecule has 0 unspecified atom stereocenters. The van der Waals surface area contributed by atoms with Crippen molar-refractivity contribution in [2.75, 3.05) is 4.90 Å². The topological polar surface area (TPSA) is 42.7 Å². The minimum atomic E-state index is -0.421. The van der Waals surface area contributed by atoms with Crippen LogP contribution in [0.2, 0.25) is 0 Å². The zero-order chi connectivity index (χ0) is 67.5. The number of hydrogen-bond donors (Lipinski definition) is 0. The van der Waals surface area contributed by atoms with Gasteiger partial charge in [-0.1, -0.05) is 241 Å². The van der Waals surface area contributed by atoms with E-state index in [4.69, 9.17) is 13.3 Å². The van der Waals surface area contributed by atoms with E-state index in [1.165, 1.54) is 155 Å². The normalized spacial score (nSPS) is 16.9. The molecular formula is C96H73NO3. The lowest BCUT2D eigenvalue weighted by molar-refractivity contribution is 0.600. The molecule has 0 saturated carbocycles. The molecule has 0 radical (unpaired) electrons. The van der Waals surface area contributed by atoms with Crippen molar-refractivity contribution in [3.63, 3.8) is 0 Å². The third-order valence-electron chi connectivity index (χ3n) is 25.7. The van der Waals surface area contributed by atoms with Gasteiger partial charge in [-0.05, 0) is 195 Å². The SMILES string of the molecule is CC1(C)c2ccccc2-c2ccc(-c3cc4c(c5c3oc3ccccc35)-c3ccc(N(c5ccc6c(c5)C(C)(C)c5c7c(c8oc9ccccc9c8c5-6)-c5ccccc5C7(C)C)c5ccc6c(c5)C(C)(C)c5c7c(c8oc9ccccc9c8c5-6)-c5ccccc5C7(C)C)cc3C4(C)C)cc21. The summed E-state index contributed by atoms with van der Waals surface area (Å²) < 4.78 is 21.5. The van der Waals surface area contributed by atoms with E-state index in [0.29, 0.717) is 0 Å². The Balaban J connectivity index is 0.778. The van der Waals surface area contributed by atoms with Crippen LogP contribution in [0, 0.1) is 0 Å². The summed E-state index contributed by atoms with van der Waals surface area (Å²) in [6.07, 6.45) is 0. The van der Waals surface area contributed by atoms with Crippen LogP contribution in [-0.4, -0.2) is 0 Å². The highest BCUT2D eigenvalue weighted by Gasteiger charge is 2.52.